The van der Waals surface area contributed by atoms with Gasteiger partial charge in [0.15, 0.2) is 0 Å². The van der Waals surface area contributed by atoms with Crippen LogP contribution >= 0.6 is 0 Å². The summed E-state index contributed by atoms with van der Waals surface area (Å²) in [5.41, 5.74) is 0.507. The Kier molecular flexibility index (Phi) is 3.18. The van der Waals surface area contributed by atoms with Crippen LogP contribution in [-0.4, -0.2) is 11.7 Å². The van der Waals surface area contributed by atoms with Crippen molar-refractivity contribution in [1.29, 1.82) is 5.26 Å². The van der Waals surface area contributed by atoms with Crippen LogP contribution in [0.25, 0.3) is 0 Å². The maximum Gasteiger partial charge on any atom is 0.299 e. The van der Waals surface area contributed by atoms with Crippen LogP contribution in [0, 0.1) is 23.0 Å². The van der Waals surface area contributed by atoms with Crippen LogP contribution in [0.5, 0.6) is 0 Å². The predicted molar refractivity (Wildman–Crippen MR) is 73.0 cm³/mol. The number of Topliss-reactive ketones (excluding diaryl/α,β-unsaturated/α-hetero) is 1. The summed E-state index contributed by atoms with van der Waals surface area (Å²) in [6.07, 6.45) is 0. The third-order valence-corrected chi connectivity index (χ3v) is 3.45. The first kappa shape index (κ1) is 13.9. The van der Waals surface area contributed by atoms with Gasteiger partial charge >= 0.3 is 0 Å². The Morgan fingerprint density at radius 1 is 1.09 bits per heavy atom. The first-order valence-corrected chi connectivity index (χ1v) is 6.35. The average molecular weight is 298 g/mol. The maximum atomic E-state index is 13.9. The fourth-order valence-electron chi connectivity index (χ4n) is 2.34. The van der Waals surface area contributed by atoms with E-state index in [4.69, 9.17) is 5.26 Å². The number of rotatable bonds is 2. The van der Waals surface area contributed by atoms with Crippen molar-refractivity contribution in [2.24, 2.45) is 0 Å². The third kappa shape index (κ3) is 2.13. The van der Waals surface area contributed by atoms with Gasteiger partial charge in [-0.15, -0.1) is 0 Å². The normalized spacial score (nSPS) is 13.2. The van der Waals surface area contributed by atoms with Crippen LogP contribution in [0.2, 0.25) is 0 Å². The highest BCUT2D eigenvalue weighted by molar-refractivity contribution is 6.52. The number of nitrogens with zero attached hydrogens (tertiary/aromatic N) is 2. The summed E-state index contributed by atoms with van der Waals surface area (Å²) in [6, 6.07) is 9.02. The molecule has 22 heavy (non-hydrogen) atoms. The molecule has 6 heteroatoms. The molecule has 0 aromatic heterocycles. The number of nitriles is 1. The zero-order chi connectivity index (χ0) is 15.9. The van der Waals surface area contributed by atoms with Gasteiger partial charge in [0.1, 0.15) is 11.6 Å². The topological polar surface area (TPSA) is 61.2 Å². The molecule has 0 saturated carbocycles. The highest BCUT2D eigenvalue weighted by Crippen LogP contribution is 2.31. The maximum absolute atomic E-state index is 13.9. The van der Waals surface area contributed by atoms with Crippen molar-refractivity contribution in [3.8, 4) is 6.07 Å². The number of anilines is 1. The fourth-order valence-corrected chi connectivity index (χ4v) is 2.34. The van der Waals surface area contributed by atoms with E-state index in [2.05, 4.69) is 0 Å². The Bertz CT molecular complexity index is 856. The first-order valence-electron chi connectivity index (χ1n) is 6.35. The molecular formula is C16H8F2N2O2. The van der Waals surface area contributed by atoms with Gasteiger partial charge in [-0.2, -0.15) is 5.26 Å². The molecule has 0 atom stereocenters. The lowest BCUT2D eigenvalue weighted by molar-refractivity contribution is -0.114. The molecule has 0 bridgehead atoms. The number of carbonyl (C=O) groups excluding carboxylic acids is 2. The summed E-state index contributed by atoms with van der Waals surface area (Å²) in [7, 11) is 0. The van der Waals surface area contributed by atoms with Crippen LogP contribution in [0.1, 0.15) is 21.5 Å². The highest BCUT2D eigenvalue weighted by Gasteiger charge is 2.36. The molecule has 2 aromatic rings. The fraction of sp³-hybridized carbons (Fsp3) is 0.0625. The summed E-state index contributed by atoms with van der Waals surface area (Å²) >= 11 is 0. The minimum Gasteiger partial charge on any atom is -0.300 e. The minimum absolute atomic E-state index is 0.0976. The van der Waals surface area contributed by atoms with Gasteiger partial charge in [0, 0.05) is 5.56 Å². The number of ketones is 1. The second kappa shape index (κ2) is 5.04. The number of halogens is 2. The zero-order valence-corrected chi connectivity index (χ0v) is 11.1. The molecule has 0 aliphatic carbocycles. The van der Waals surface area contributed by atoms with E-state index in [9.17, 15) is 18.4 Å². The second-order valence-electron chi connectivity index (χ2n) is 4.80. The van der Waals surface area contributed by atoms with Gasteiger partial charge in [0.05, 0.1) is 29.4 Å². The van der Waals surface area contributed by atoms with Crippen molar-refractivity contribution in [1.82, 2.24) is 0 Å². The summed E-state index contributed by atoms with van der Waals surface area (Å²) in [5.74, 6) is -2.83. The molecule has 3 rings (SSSR count). The van der Waals surface area contributed by atoms with Crippen molar-refractivity contribution < 1.29 is 18.4 Å². The highest BCUT2D eigenvalue weighted by atomic mass is 19.1. The molecule has 1 amide bonds. The van der Waals surface area contributed by atoms with E-state index >= 15 is 0 Å². The van der Waals surface area contributed by atoms with E-state index < -0.39 is 23.3 Å². The van der Waals surface area contributed by atoms with Gasteiger partial charge in [-0.3, -0.25) is 9.59 Å². The Hall–Kier alpha value is -3.07. The molecule has 0 radical (unpaired) electrons. The Labute approximate surface area is 124 Å². The molecule has 0 N–H and O–H groups in total. The third-order valence-electron chi connectivity index (χ3n) is 3.45. The number of carbonyl (C=O) groups is 2. The van der Waals surface area contributed by atoms with Gasteiger partial charge in [-0.05, 0) is 30.3 Å². The molecule has 0 spiro atoms. The lowest BCUT2D eigenvalue weighted by Gasteiger charge is -2.17. The number of hydrogen-bond donors (Lipinski definition) is 0. The van der Waals surface area contributed by atoms with E-state index in [1.54, 1.807) is 6.07 Å². The molecule has 4 nitrogen and oxygen atoms in total. The van der Waals surface area contributed by atoms with Gasteiger partial charge in [0.2, 0.25) is 0 Å². The van der Waals surface area contributed by atoms with Gasteiger partial charge < -0.3 is 4.90 Å². The number of benzene rings is 2. The van der Waals surface area contributed by atoms with Crippen molar-refractivity contribution in [2.75, 3.05) is 4.90 Å². The quantitative estimate of drug-likeness (QED) is 0.801. The molecule has 0 fully saturated rings. The Morgan fingerprint density at radius 2 is 1.86 bits per heavy atom. The van der Waals surface area contributed by atoms with Crippen molar-refractivity contribution >= 4 is 17.4 Å². The largest absolute Gasteiger partial charge is 0.300 e. The monoisotopic (exact) mass is 298 g/mol. The standard InChI is InChI=1S/C16H8F2N2O2/c17-11-3-4-12-14(6-11)20(16(22)15(12)21)8-10-2-1-9(7-19)5-13(10)18/h1-6H,8H2. The van der Waals surface area contributed by atoms with E-state index in [1.807, 2.05) is 0 Å². The van der Waals surface area contributed by atoms with Gasteiger partial charge in [-0.1, -0.05) is 6.07 Å². The number of amides is 1. The van der Waals surface area contributed by atoms with E-state index in [0.29, 0.717) is 0 Å². The van der Waals surface area contributed by atoms with Crippen molar-refractivity contribution in [2.45, 2.75) is 6.54 Å². The van der Waals surface area contributed by atoms with Crippen LogP contribution in [0.4, 0.5) is 14.5 Å². The van der Waals surface area contributed by atoms with Crippen molar-refractivity contribution in [3.05, 3.63) is 64.7 Å². The molecule has 0 saturated heterocycles. The molecule has 1 aliphatic rings. The Balaban J connectivity index is 2.00. The van der Waals surface area contributed by atoms with Crippen LogP contribution in [0.3, 0.4) is 0 Å². The van der Waals surface area contributed by atoms with Crippen LogP contribution in [0.15, 0.2) is 36.4 Å². The number of hydrogen-bond acceptors (Lipinski definition) is 3. The van der Waals surface area contributed by atoms with Crippen LogP contribution in [-0.2, 0) is 11.3 Å². The lowest BCUT2D eigenvalue weighted by Crippen LogP contribution is -2.29. The van der Waals surface area contributed by atoms with Crippen LogP contribution < -0.4 is 4.90 Å². The molecule has 108 valence electrons. The summed E-state index contributed by atoms with van der Waals surface area (Å²) in [6.45, 7) is -0.210. The second-order valence-corrected chi connectivity index (χ2v) is 4.80. The molecular weight excluding hydrogens is 290 g/mol. The lowest BCUT2D eigenvalue weighted by atomic mass is 10.1. The van der Waals surface area contributed by atoms with Crippen molar-refractivity contribution in [3.63, 3.8) is 0 Å². The van der Waals surface area contributed by atoms with E-state index in [-0.39, 0.29) is 28.9 Å². The summed E-state index contributed by atoms with van der Waals surface area (Å²) < 4.78 is 27.3. The molecule has 1 aliphatic heterocycles. The predicted octanol–water partition coefficient (Wildman–Crippen LogP) is 2.57. The minimum atomic E-state index is -0.829. The average Bonchev–Trinajstić information content (AvgIpc) is 2.73. The SMILES string of the molecule is N#Cc1ccc(CN2C(=O)C(=O)c3ccc(F)cc32)c(F)c1. The van der Waals surface area contributed by atoms with E-state index in [0.717, 1.165) is 23.1 Å². The van der Waals surface area contributed by atoms with Gasteiger partial charge in [0.25, 0.3) is 11.7 Å². The van der Waals surface area contributed by atoms with Gasteiger partial charge in [-0.25, -0.2) is 8.78 Å². The summed E-state index contributed by atoms with van der Waals surface area (Å²) in [5, 5.41) is 8.71. The zero-order valence-electron chi connectivity index (χ0n) is 11.1. The first-order chi connectivity index (χ1) is 10.5. The summed E-state index contributed by atoms with van der Waals surface area (Å²) in [4.78, 5) is 24.9. The smallest absolute Gasteiger partial charge is 0.299 e. The number of fused-ring (bicyclic) bond motifs is 1. The molecule has 2 aromatic carbocycles. The Morgan fingerprint density at radius 3 is 2.55 bits per heavy atom. The molecule has 1 heterocycles. The molecule has 0 unspecified atom stereocenters. The van der Waals surface area contributed by atoms with E-state index in [1.165, 1.54) is 18.2 Å².